The summed E-state index contributed by atoms with van der Waals surface area (Å²) < 4.78 is 30.3. The van der Waals surface area contributed by atoms with E-state index in [9.17, 15) is 8.42 Å². The lowest BCUT2D eigenvalue weighted by Crippen LogP contribution is -2.15. The van der Waals surface area contributed by atoms with E-state index in [2.05, 4.69) is 9.82 Å². The van der Waals surface area contributed by atoms with Crippen LogP contribution in [0.15, 0.2) is 47.4 Å². The van der Waals surface area contributed by atoms with Crippen LogP contribution >= 0.6 is 11.6 Å². The third kappa shape index (κ3) is 4.17. The van der Waals surface area contributed by atoms with E-state index in [-0.39, 0.29) is 4.90 Å². The van der Waals surface area contributed by atoms with Gasteiger partial charge in [-0.15, -0.1) is 0 Å². The van der Waals surface area contributed by atoms with E-state index in [1.54, 1.807) is 30.7 Å². The zero-order valence-electron chi connectivity index (χ0n) is 15.7. The topological polar surface area (TPSA) is 64.0 Å². The molecular formula is C20H22ClN3O2S. The van der Waals surface area contributed by atoms with Crippen molar-refractivity contribution in [1.29, 1.82) is 0 Å². The Kier molecular flexibility index (Phi) is 5.31. The van der Waals surface area contributed by atoms with Crippen molar-refractivity contribution in [2.45, 2.75) is 39.1 Å². The number of benzene rings is 2. The molecule has 0 saturated heterocycles. The molecule has 0 aliphatic carbocycles. The highest BCUT2D eigenvalue weighted by Crippen LogP contribution is 2.26. The van der Waals surface area contributed by atoms with Crippen molar-refractivity contribution in [2.75, 3.05) is 4.72 Å². The molecule has 3 rings (SSSR count). The summed E-state index contributed by atoms with van der Waals surface area (Å²) in [4.78, 5) is 0.275. The summed E-state index contributed by atoms with van der Waals surface area (Å²) in [7, 11) is -3.69. The van der Waals surface area contributed by atoms with Crippen LogP contribution in [-0.4, -0.2) is 18.2 Å². The number of aromatic nitrogens is 2. The van der Waals surface area contributed by atoms with Gasteiger partial charge in [0.2, 0.25) is 0 Å². The van der Waals surface area contributed by atoms with Gasteiger partial charge < -0.3 is 0 Å². The third-order valence-corrected chi connectivity index (χ3v) is 6.25. The van der Waals surface area contributed by atoms with Gasteiger partial charge in [-0.3, -0.25) is 9.40 Å². The Bertz CT molecular complexity index is 1090. The van der Waals surface area contributed by atoms with Crippen LogP contribution in [0.4, 0.5) is 5.69 Å². The molecule has 1 aromatic heterocycles. The van der Waals surface area contributed by atoms with Gasteiger partial charge in [0.25, 0.3) is 10.0 Å². The summed E-state index contributed by atoms with van der Waals surface area (Å²) in [5.74, 6) is 0. The first-order valence-corrected chi connectivity index (χ1v) is 10.4. The number of hydrogen-bond donors (Lipinski definition) is 1. The fraction of sp³-hybridized carbons (Fsp3) is 0.250. The molecule has 7 heteroatoms. The number of aryl methyl sites for hydroxylation is 3. The molecule has 142 valence electrons. The van der Waals surface area contributed by atoms with Crippen LogP contribution in [0.5, 0.6) is 0 Å². The van der Waals surface area contributed by atoms with Crippen molar-refractivity contribution in [3.63, 3.8) is 0 Å². The van der Waals surface area contributed by atoms with Crippen LogP contribution in [0, 0.1) is 27.7 Å². The monoisotopic (exact) mass is 403 g/mol. The molecule has 0 saturated carbocycles. The molecule has 0 radical (unpaired) electrons. The molecule has 1 heterocycles. The maximum absolute atomic E-state index is 12.9. The number of nitrogens with one attached hydrogen (secondary N) is 1. The second-order valence-electron chi connectivity index (χ2n) is 6.70. The van der Waals surface area contributed by atoms with E-state index in [0.717, 1.165) is 16.8 Å². The standard InChI is InChI=1S/C20H22ClN3O2S/c1-13-5-10-19(14(2)11-13)27(25,26)23-20-15(3)22-24(16(20)4)12-17-6-8-18(21)9-7-17/h5-11,23H,12H2,1-4H3. The second-order valence-corrected chi connectivity index (χ2v) is 8.79. The van der Waals surface area contributed by atoms with Crippen LogP contribution < -0.4 is 4.72 Å². The average molecular weight is 404 g/mol. The molecule has 1 N–H and O–H groups in total. The number of hydrogen-bond acceptors (Lipinski definition) is 3. The predicted molar refractivity (Wildman–Crippen MR) is 109 cm³/mol. The first-order valence-electron chi connectivity index (χ1n) is 8.56. The molecule has 2 aromatic carbocycles. The molecule has 5 nitrogen and oxygen atoms in total. The fourth-order valence-electron chi connectivity index (χ4n) is 3.05. The highest BCUT2D eigenvalue weighted by Gasteiger charge is 2.21. The summed E-state index contributed by atoms with van der Waals surface area (Å²) in [6, 6.07) is 12.8. The van der Waals surface area contributed by atoms with E-state index in [1.165, 1.54) is 0 Å². The molecule has 0 aliphatic heterocycles. The Morgan fingerprint density at radius 2 is 1.70 bits per heavy atom. The second kappa shape index (κ2) is 7.37. The largest absolute Gasteiger partial charge is 0.276 e. The Hall–Kier alpha value is -2.31. The van der Waals surface area contributed by atoms with Gasteiger partial charge in [0.15, 0.2) is 0 Å². The summed E-state index contributed by atoms with van der Waals surface area (Å²) in [5.41, 5.74) is 4.68. The van der Waals surface area contributed by atoms with E-state index in [4.69, 9.17) is 11.6 Å². The van der Waals surface area contributed by atoms with Gasteiger partial charge >= 0.3 is 0 Å². The van der Waals surface area contributed by atoms with Crippen molar-refractivity contribution in [3.05, 3.63) is 75.6 Å². The van der Waals surface area contributed by atoms with Crippen LogP contribution in [-0.2, 0) is 16.6 Å². The van der Waals surface area contributed by atoms with E-state index < -0.39 is 10.0 Å². The summed E-state index contributed by atoms with van der Waals surface area (Å²) in [6.45, 7) is 7.92. The zero-order chi connectivity index (χ0) is 19.8. The normalized spacial score (nSPS) is 11.6. The molecule has 27 heavy (non-hydrogen) atoms. The quantitative estimate of drug-likeness (QED) is 0.676. The van der Waals surface area contributed by atoms with Crippen LogP contribution in [0.1, 0.15) is 28.1 Å². The van der Waals surface area contributed by atoms with E-state index in [0.29, 0.717) is 28.5 Å². The Labute approximate surface area is 165 Å². The first kappa shape index (κ1) is 19.5. The van der Waals surface area contributed by atoms with Crippen LogP contribution in [0.25, 0.3) is 0 Å². The molecular weight excluding hydrogens is 382 g/mol. The molecule has 0 amide bonds. The summed E-state index contributed by atoms with van der Waals surface area (Å²) in [5, 5.41) is 5.17. The maximum atomic E-state index is 12.9. The van der Waals surface area contributed by atoms with Gasteiger partial charge in [-0.2, -0.15) is 5.10 Å². The van der Waals surface area contributed by atoms with Crippen molar-refractivity contribution in [2.24, 2.45) is 0 Å². The minimum atomic E-state index is -3.69. The smallest absolute Gasteiger partial charge is 0.262 e. The molecule has 0 unspecified atom stereocenters. The number of sulfonamides is 1. The van der Waals surface area contributed by atoms with E-state index in [1.807, 2.05) is 44.2 Å². The lowest BCUT2D eigenvalue weighted by molar-refractivity contribution is 0.600. The van der Waals surface area contributed by atoms with E-state index >= 15 is 0 Å². The fourth-order valence-corrected chi connectivity index (χ4v) is 4.58. The van der Waals surface area contributed by atoms with Gasteiger partial charge in [-0.05, 0) is 57.0 Å². The summed E-state index contributed by atoms with van der Waals surface area (Å²) >= 11 is 5.93. The molecule has 0 bridgehead atoms. The lowest BCUT2D eigenvalue weighted by Gasteiger charge is -2.11. The molecule has 0 aliphatic rings. The summed E-state index contributed by atoms with van der Waals surface area (Å²) in [6.07, 6.45) is 0. The third-order valence-electron chi connectivity index (χ3n) is 4.48. The van der Waals surface area contributed by atoms with Crippen molar-refractivity contribution in [3.8, 4) is 0 Å². The minimum Gasteiger partial charge on any atom is -0.276 e. The van der Waals surface area contributed by atoms with Gasteiger partial charge in [0.1, 0.15) is 0 Å². The Morgan fingerprint density at radius 3 is 2.33 bits per heavy atom. The maximum Gasteiger partial charge on any atom is 0.262 e. The Morgan fingerprint density at radius 1 is 1.04 bits per heavy atom. The lowest BCUT2D eigenvalue weighted by atomic mass is 10.2. The molecule has 3 aromatic rings. The first-order chi connectivity index (χ1) is 12.7. The van der Waals surface area contributed by atoms with Gasteiger partial charge in [-0.1, -0.05) is 41.4 Å². The number of nitrogens with zero attached hydrogens (tertiary/aromatic N) is 2. The highest BCUT2D eigenvalue weighted by atomic mass is 35.5. The average Bonchev–Trinajstić information content (AvgIpc) is 2.84. The molecule has 0 spiro atoms. The van der Waals surface area contributed by atoms with Crippen molar-refractivity contribution in [1.82, 2.24) is 9.78 Å². The number of anilines is 1. The van der Waals surface area contributed by atoms with Gasteiger partial charge in [0.05, 0.1) is 28.5 Å². The molecule has 0 atom stereocenters. The minimum absolute atomic E-state index is 0.275. The number of rotatable bonds is 5. The van der Waals surface area contributed by atoms with Crippen LogP contribution in [0.2, 0.25) is 5.02 Å². The Balaban J connectivity index is 1.91. The molecule has 0 fully saturated rings. The van der Waals surface area contributed by atoms with Crippen LogP contribution in [0.3, 0.4) is 0 Å². The SMILES string of the molecule is Cc1ccc(S(=O)(=O)Nc2c(C)nn(Cc3ccc(Cl)cc3)c2C)c(C)c1. The van der Waals surface area contributed by atoms with Crippen molar-refractivity contribution >= 4 is 27.3 Å². The highest BCUT2D eigenvalue weighted by molar-refractivity contribution is 7.92. The predicted octanol–water partition coefficient (Wildman–Crippen LogP) is 4.62. The van der Waals surface area contributed by atoms with Gasteiger partial charge in [-0.25, -0.2) is 8.42 Å². The zero-order valence-corrected chi connectivity index (χ0v) is 17.3. The number of halogens is 1. The van der Waals surface area contributed by atoms with Crippen molar-refractivity contribution < 1.29 is 8.42 Å². The van der Waals surface area contributed by atoms with Gasteiger partial charge in [0, 0.05) is 5.02 Å².